The average Bonchev–Trinajstić information content (AvgIpc) is 2.28. The number of amides is 2. The minimum absolute atomic E-state index is 0.385. The second-order valence-corrected chi connectivity index (χ2v) is 4.39. The lowest BCUT2D eigenvalue weighted by molar-refractivity contribution is -0.130. The highest BCUT2D eigenvalue weighted by atomic mass is 79.9. The van der Waals surface area contributed by atoms with Gasteiger partial charge in [0.05, 0.1) is 0 Å². The van der Waals surface area contributed by atoms with Gasteiger partial charge in [-0.15, -0.1) is 0 Å². The molecule has 0 fully saturated rings. The Morgan fingerprint density at radius 3 is 2.69 bits per heavy atom. The summed E-state index contributed by atoms with van der Waals surface area (Å²) in [6.07, 6.45) is 0.385. The number of nitrogens with one attached hydrogen (secondary N) is 2. The summed E-state index contributed by atoms with van der Waals surface area (Å²) in [7, 11) is 1.67. The van der Waals surface area contributed by atoms with Crippen molar-refractivity contribution in [3.63, 3.8) is 0 Å². The van der Waals surface area contributed by atoms with Crippen molar-refractivity contribution in [3.05, 3.63) is 34.3 Å². The third-order valence-electron chi connectivity index (χ3n) is 2.55. The van der Waals surface area contributed by atoms with Gasteiger partial charge >= 0.3 is 0 Å². The summed E-state index contributed by atoms with van der Waals surface area (Å²) in [5.41, 5.74) is -0.145. The van der Waals surface area contributed by atoms with Gasteiger partial charge in [0.2, 0.25) is 6.41 Å². The molecule has 1 aromatic carbocycles. The maximum Gasteiger partial charge on any atom is 0.250 e. The zero-order chi connectivity index (χ0) is 12.2. The van der Waals surface area contributed by atoms with E-state index in [9.17, 15) is 9.59 Å². The molecule has 1 rings (SSSR count). The van der Waals surface area contributed by atoms with Crippen LogP contribution in [0.1, 0.15) is 12.5 Å². The lowest BCUT2D eigenvalue weighted by Crippen LogP contribution is -2.50. The highest BCUT2D eigenvalue weighted by Gasteiger charge is 2.33. The smallest absolute Gasteiger partial charge is 0.250 e. The number of hydrogen-bond donors (Lipinski definition) is 2. The fraction of sp³-hybridized carbons (Fsp3) is 0.273. The van der Waals surface area contributed by atoms with E-state index < -0.39 is 5.54 Å². The Morgan fingerprint density at radius 1 is 1.50 bits per heavy atom. The van der Waals surface area contributed by atoms with Gasteiger partial charge in [-0.2, -0.15) is 0 Å². The van der Waals surface area contributed by atoms with Crippen LogP contribution in [0.4, 0.5) is 0 Å². The van der Waals surface area contributed by atoms with Crippen molar-refractivity contribution >= 4 is 28.2 Å². The van der Waals surface area contributed by atoms with Crippen LogP contribution in [0.3, 0.4) is 0 Å². The number of imide groups is 1. The predicted octanol–water partition coefficient (Wildman–Crippen LogP) is 1.16. The van der Waals surface area contributed by atoms with Crippen molar-refractivity contribution in [2.24, 2.45) is 0 Å². The van der Waals surface area contributed by atoms with E-state index in [1.807, 2.05) is 24.3 Å². The van der Waals surface area contributed by atoms with E-state index in [2.05, 4.69) is 26.6 Å². The van der Waals surface area contributed by atoms with Crippen LogP contribution in [0.25, 0.3) is 0 Å². The molecule has 0 heterocycles. The van der Waals surface area contributed by atoms with Crippen LogP contribution in [0, 0.1) is 0 Å². The molecular weight excluding hydrogens is 272 g/mol. The number of rotatable bonds is 4. The zero-order valence-electron chi connectivity index (χ0n) is 9.08. The highest BCUT2D eigenvalue weighted by molar-refractivity contribution is 9.10. The minimum atomic E-state index is -0.926. The van der Waals surface area contributed by atoms with Crippen molar-refractivity contribution in [1.29, 1.82) is 0 Å². The van der Waals surface area contributed by atoms with E-state index in [1.54, 1.807) is 14.0 Å². The van der Waals surface area contributed by atoms with E-state index in [1.165, 1.54) is 0 Å². The van der Waals surface area contributed by atoms with Crippen LogP contribution < -0.4 is 10.6 Å². The zero-order valence-corrected chi connectivity index (χ0v) is 10.7. The van der Waals surface area contributed by atoms with Gasteiger partial charge in [0.25, 0.3) is 5.91 Å². The van der Waals surface area contributed by atoms with Crippen LogP contribution in [0.5, 0.6) is 0 Å². The molecule has 1 atom stereocenters. The molecule has 4 nitrogen and oxygen atoms in total. The Kier molecular flexibility index (Phi) is 4.20. The summed E-state index contributed by atoms with van der Waals surface area (Å²) in [4.78, 5) is 22.1. The summed E-state index contributed by atoms with van der Waals surface area (Å²) >= 11 is 3.34. The first kappa shape index (κ1) is 12.9. The lowest BCUT2D eigenvalue weighted by atomic mass is 9.91. The Balaban J connectivity index is 3.13. The molecule has 1 aromatic rings. The van der Waals surface area contributed by atoms with Gasteiger partial charge in [-0.05, 0) is 31.7 Å². The summed E-state index contributed by atoms with van der Waals surface area (Å²) in [6, 6.07) is 7.37. The number of carbonyl (C=O) groups excluding carboxylic acids is 2. The molecule has 2 amide bonds. The van der Waals surface area contributed by atoms with Crippen LogP contribution in [-0.4, -0.2) is 19.4 Å². The monoisotopic (exact) mass is 284 g/mol. The van der Waals surface area contributed by atoms with Crippen LogP contribution in [0.2, 0.25) is 0 Å². The van der Waals surface area contributed by atoms with Gasteiger partial charge < -0.3 is 5.32 Å². The molecule has 0 saturated carbocycles. The number of benzene rings is 1. The molecule has 0 radical (unpaired) electrons. The Bertz CT molecular complexity index is 409. The molecule has 86 valence electrons. The van der Waals surface area contributed by atoms with Gasteiger partial charge in [-0.25, -0.2) is 0 Å². The van der Waals surface area contributed by atoms with Gasteiger partial charge in [0.15, 0.2) is 0 Å². The molecule has 5 heteroatoms. The Hall–Kier alpha value is -1.20. The van der Waals surface area contributed by atoms with Crippen molar-refractivity contribution in [1.82, 2.24) is 10.6 Å². The second-order valence-electron chi connectivity index (χ2n) is 3.48. The van der Waals surface area contributed by atoms with Crippen LogP contribution >= 0.6 is 15.9 Å². The van der Waals surface area contributed by atoms with Crippen LogP contribution in [-0.2, 0) is 15.1 Å². The SMILES string of the molecule is CNC(C)(C(=O)NC=O)c1cccc(Br)c1. The second kappa shape index (κ2) is 5.23. The summed E-state index contributed by atoms with van der Waals surface area (Å²) in [5, 5.41) is 5.07. The number of halogens is 1. The van der Waals surface area contributed by atoms with Gasteiger partial charge in [-0.3, -0.25) is 14.9 Å². The maximum atomic E-state index is 11.8. The minimum Gasteiger partial charge on any atom is -0.303 e. The first-order valence-corrected chi connectivity index (χ1v) is 5.53. The third-order valence-corrected chi connectivity index (χ3v) is 3.04. The maximum absolute atomic E-state index is 11.8. The fourth-order valence-electron chi connectivity index (χ4n) is 1.39. The Morgan fingerprint density at radius 2 is 2.19 bits per heavy atom. The molecule has 0 aliphatic carbocycles. The molecule has 16 heavy (non-hydrogen) atoms. The molecule has 1 unspecified atom stereocenters. The summed E-state index contributed by atoms with van der Waals surface area (Å²) < 4.78 is 0.880. The first-order valence-electron chi connectivity index (χ1n) is 4.74. The predicted molar refractivity (Wildman–Crippen MR) is 64.8 cm³/mol. The quantitative estimate of drug-likeness (QED) is 0.816. The largest absolute Gasteiger partial charge is 0.303 e. The fourth-order valence-corrected chi connectivity index (χ4v) is 1.79. The molecule has 0 spiro atoms. The van der Waals surface area contributed by atoms with Gasteiger partial charge in [0, 0.05) is 4.47 Å². The molecule has 0 bridgehead atoms. The number of hydrogen-bond acceptors (Lipinski definition) is 3. The van der Waals surface area contributed by atoms with Crippen molar-refractivity contribution in [3.8, 4) is 0 Å². The molecule has 2 N–H and O–H groups in total. The van der Waals surface area contributed by atoms with Crippen molar-refractivity contribution in [2.75, 3.05) is 7.05 Å². The van der Waals surface area contributed by atoms with Gasteiger partial charge in [0.1, 0.15) is 5.54 Å². The molecular formula is C11H13BrN2O2. The number of carbonyl (C=O) groups is 2. The average molecular weight is 285 g/mol. The number of likely N-dealkylation sites (N-methyl/N-ethyl adjacent to an activating group) is 1. The lowest BCUT2D eigenvalue weighted by Gasteiger charge is -2.27. The van der Waals surface area contributed by atoms with E-state index >= 15 is 0 Å². The van der Waals surface area contributed by atoms with E-state index in [4.69, 9.17) is 0 Å². The van der Waals surface area contributed by atoms with Crippen LogP contribution in [0.15, 0.2) is 28.7 Å². The summed E-state index contributed by atoms with van der Waals surface area (Å²) in [5.74, 6) is -0.386. The molecule has 0 aliphatic rings. The van der Waals surface area contributed by atoms with E-state index in [0.29, 0.717) is 6.41 Å². The molecule has 0 aliphatic heterocycles. The van der Waals surface area contributed by atoms with E-state index in [-0.39, 0.29) is 5.91 Å². The normalized spacial score (nSPS) is 13.9. The Labute approximate surface area is 103 Å². The molecule has 0 saturated heterocycles. The van der Waals surface area contributed by atoms with E-state index in [0.717, 1.165) is 10.0 Å². The standard InChI is InChI=1S/C11H13BrN2O2/c1-11(13-2,10(16)14-7-15)8-4-3-5-9(12)6-8/h3-7,13H,1-2H3,(H,14,15,16). The van der Waals surface area contributed by atoms with Crippen molar-refractivity contribution in [2.45, 2.75) is 12.5 Å². The molecule has 0 aromatic heterocycles. The third kappa shape index (κ3) is 2.48. The van der Waals surface area contributed by atoms with Crippen molar-refractivity contribution < 1.29 is 9.59 Å². The first-order chi connectivity index (χ1) is 7.54. The van der Waals surface area contributed by atoms with Gasteiger partial charge in [-0.1, -0.05) is 28.1 Å². The highest BCUT2D eigenvalue weighted by Crippen LogP contribution is 2.23. The topological polar surface area (TPSA) is 58.2 Å². The summed E-state index contributed by atoms with van der Waals surface area (Å²) in [6.45, 7) is 1.72.